The average molecular weight is 299 g/mol. The highest BCUT2D eigenvalue weighted by molar-refractivity contribution is 7.40. The van der Waals surface area contributed by atoms with E-state index in [0.717, 1.165) is 0 Å². The highest BCUT2D eigenvalue weighted by Crippen LogP contribution is 2.32. The molecule has 1 amide bonds. The van der Waals surface area contributed by atoms with Gasteiger partial charge in [-0.05, 0) is 13.3 Å². The lowest BCUT2D eigenvalue weighted by Crippen LogP contribution is -2.44. The van der Waals surface area contributed by atoms with E-state index in [0.29, 0.717) is 6.61 Å². The minimum Gasteiger partial charge on any atom is -0.390 e. The minimum atomic E-state index is -2.32. The quantitative estimate of drug-likeness (QED) is 0.180. The van der Waals surface area contributed by atoms with E-state index in [2.05, 4.69) is 0 Å². The molecule has 0 bridgehead atoms. The van der Waals surface area contributed by atoms with Gasteiger partial charge >= 0.3 is 0 Å². The Kier molecular flexibility index (Phi) is 9.16. The van der Waals surface area contributed by atoms with E-state index in [9.17, 15) is 24.7 Å². The maximum absolute atomic E-state index is 11.5. The fourth-order valence-corrected chi connectivity index (χ4v) is 2.48. The van der Waals surface area contributed by atoms with Crippen molar-refractivity contribution in [3.8, 4) is 0 Å². The van der Waals surface area contributed by atoms with Gasteiger partial charge in [0.2, 0.25) is 6.41 Å². The summed E-state index contributed by atoms with van der Waals surface area (Å²) in [6, 6.07) is 0. The van der Waals surface area contributed by atoms with Crippen LogP contribution in [0.25, 0.3) is 0 Å². The molecule has 0 heterocycles. The summed E-state index contributed by atoms with van der Waals surface area (Å²) in [6.07, 6.45) is -4.36. The summed E-state index contributed by atoms with van der Waals surface area (Å²) in [7, 11) is -2.32. The Morgan fingerprint density at radius 3 is 2.37 bits per heavy atom. The molecule has 5 atom stereocenters. The summed E-state index contributed by atoms with van der Waals surface area (Å²) in [5.74, 6) is 0. The van der Waals surface area contributed by atoms with Gasteiger partial charge in [0.25, 0.3) is 0 Å². The summed E-state index contributed by atoms with van der Waals surface area (Å²) in [4.78, 5) is 10.1. The van der Waals surface area contributed by atoms with Gasteiger partial charge in [0.1, 0.15) is 12.2 Å². The molecule has 8 nitrogen and oxygen atoms in total. The molecule has 0 aromatic carbocycles. The van der Waals surface area contributed by atoms with Crippen LogP contribution >= 0.6 is 8.03 Å². The van der Waals surface area contributed by atoms with Crippen molar-refractivity contribution in [1.82, 2.24) is 5.06 Å². The van der Waals surface area contributed by atoms with Crippen LogP contribution in [0.1, 0.15) is 20.3 Å². The van der Waals surface area contributed by atoms with Gasteiger partial charge in [0, 0.05) is 5.66 Å². The average Bonchev–Trinajstić information content (AvgIpc) is 2.37. The lowest BCUT2D eigenvalue weighted by Gasteiger charge is -2.25. The van der Waals surface area contributed by atoms with Crippen molar-refractivity contribution >= 4 is 14.4 Å². The Morgan fingerprint density at radius 1 is 1.32 bits per heavy atom. The largest absolute Gasteiger partial charge is 0.390 e. The van der Waals surface area contributed by atoms with Crippen molar-refractivity contribution in [2.45, 2.75) is 44.2 Å². The fourth-order valence-electron chi connectivity index (χ4n) is 1.48. The van der Waals surface area contributed by atoms with Crippen molar-refractivity contribution in [2.24, 2.45) is 0 Å². The third kappa shape index (κ3) is 7.00. The predicted molar refractivity (Wildman–Crippen MR) is 67.3 cm³/mol. The number of hydroxylamine groups is 2. The molecule has 0 aliphatic heterocycles. The molecule has 0 spiro atoms. The molecule has 0 saturated heterocycles. The molecule has 2 unspecified atom stereocenters. The molecule has 114 valence electrons. The van der Waals surface area contributed by atoms with Crippen molar-refractivity contribution < 1.29 is 34.4 Å². The molecule has 0 rings (SSSR count). The Labute approximate surface area is 112 Å². The molecule has 0 aromatic heterocycles. The van der Waals surface area contributed by atoms with Crippen molar-refractivity contribution in [3.05, 3.63) is 0 Å². The van der Waals surface area contributed by atoms with Crippen LogP contribution in [0, 0.1) is 0 Å². The first-order valence-electron chi connectivity index (χ1n) is 5.95. The third-order valence-corrected chi connectivity index (χ3v) is 4.18. The smallest absolute Gasteiger partial charge is 0.233 e. The number of aliphatic hydroxyl groups is 3. The molecule has 4 N–H and O–H groups in total. The van der Waals surface area contributed by atoms with Crippen LogP contribution in [0.2, 0.25) is 0 Å². The topological polar surface area (TPSA) is 128 Å². The van der Waals surface area contributed by atoms with Crippen LogP contribution < -0.4 is 0 Å². The van der Waals surface area contributed by atoms with Gasteiger partial charge in [-0.25, -0.2) is 5.06 Å². The Hall–Kier alpha value is -0.500. The molecular formula is C10H22NO7P. The molecular weight excluding hydrogens is 277 g/mol. The van der Waals surface area contributed by atoms with E-state index >= 15 is 0 Å². The van der Waals surface area contributed by atoms with Gasteiger partial charge in [-0.1, -0.05) is 6.92 Å². The monoisotopic (exact) mass is 299 g/mol. The van der Waals surface area contributed by atoms with E-state index in [1.807, 2.05) is 0 Å². The summed E-state index contributed by atoms with van der Waals surface area (Å²) >= 11 is 0. The summed E-state index contributed by atoms with van der Waals surface area (Å²) in [6.45, 7) is 3.06. The fraction of sp³-hybridized carbons (Fsp3) is 0.900. The van der Waals surface area contributed by atoms with Crippen LogP contribution in [-0.4, -0.2) is 69.1 Å². The van der Waals surface area contributed by atoms with Crippen molar-refractivity contribution in [2.75, 3.05) is 13.2 Å². The zero-order valence-corrected chi connectivity index (χ0v) is 12.0. The molecule has 9 heteroatoms. The molecule has 0 fully saturated rings. The number of hydrogen-bond donors (Lipinski definition) is 4. The van der Waals surface area contributed by atoms with Crippen LogP contribution in [0.3, 0.4) is 0 Å². The van der Waals surface area contributed by atoms with Gasteiger partial charge in [-0.2, -0.15) is 0 Å². The van der Waals surface area contributed by atoms with E-state index in [1.54, 1.807) is 13.8 Å². The molecule has 0 aliphatic carbocycles. The molecule has 0 saturated carbocycles. The molecule has 0 aromatic rings. The molecule has 19 heavy (non-hydrogen) atoms. The van der Waals surface area contributed by atoms with Crippen LogP contribution in [0.4, 0.5) is 0 Å². The SMILES string of the molecule is CCO[PH](=O)C(C)C[C@@H](O)[C@@H](O)[C@@H](O)CN(O)C=O. The first kappa shape index (κ1) is 18.5. The van der Waals surface area contributed by atoms with E-state index in [4.69, 9.17) is 9.73 Å². The second kappa shape index (κ2) is 9.41. The van der Waals surface area contributed by atoms with Gasteiger partial charge in [-0.3, -0.25) is 14.6 Å². The maximum Gasteiger partial charge on any atom is 0.233 e. The number of carbonyl (C=O) groups excluding carboxylic acids is 1. The zero-order valence-electron chi connectivity index (χ0n) is 11.0. The number of amides is 1. The second-order valence-corrected chi connectivity index (χ2v) is 6.15. The van der Waals surface area contributed by atoms with Gasteiger partial charge in [-0.15, -0.1) is 0 Å². The van der Waals surface area contributed by atoms with Crippen LogP contribution in [0.15, 0.2) is 0 Å². The van der Waals surface area contributed by atoms with Crippen LogP contribution in [-0.2, 0) is 13.9 Å². The zero-order chi connectivity index (χ0) is 15.0. The minimum absolute atomic E-state index is 0.0253. The van der Waals surface area contributed by atoms with E-state index in [1.165, 1.54) is 0 Å². The van der Waals surface area contributed by atoms with Gasteiger partial charge < -0.3 is 19.8 Å². The summed E-state index contributed by atoms with van der Waals surface area (Å²) in [5, 5.41) is 37.8. The first-order chi connectivity index (χ1) is 8.83. The van der Waals surface area contributed by atoms with E-state index < -0.39 is 38.5 Å². The lowest BCUT2D eigenvalue weighted by molar-refractivity contribution is -0.163. The highest BCUT2D eigenvalue weighted by Gasteiger charge is 2.28. The van der Waals surface area contributed by atoms with Crippen LogP contribution in [0.5, 0.6) is 0 Å². The summed E-state index contributed by atoms with van der Waals surface area (Å²) < 4.78 is 16.4. The van der Waals surface area contributed by atoms with Crippen molar-refractivity contribution in [1.29, 1.82) is 0 Å². The number of carbonyl (C=O) groups is 1. The normalized spacial score (nSPS) is 19.3. The number of rotatable bonds is 10. The Bertz CT molecular complexity index is 291. The number of aliphatic hydroxyl groups excluding tert-OH is 3. The Morgan fingerprint density at radius 2 is 1.89 bits per heavy atom. The maximum atomic E-state index is 11.5. The Balaban J connectivity index is 4.28. The predicted octanol–water partition coefficient (Wildman–Crippen LogP) is -0.794. The third-order valence-electron chi connectivity index (χ3n) is 2.57. The highest BCUT2D eigenvalue weighted by atomic mass is 31.1. The van der Waals surface area contributed by atoms with Crippen molar-refractivity contribution in [3.63, 3.8) is 0 Å². The van der Waals surface area contributed by atoms with Gasteiger partial charge in [0.15, 0.2) is 8.03 Å². The standard InChI is InChI=1S/C10H22NO7P/c1-3-18-19(17)7(2)4-8(13)10(15)9(14)5-11(16)6-12/h6-10,13-16,19H,3-5H2,1-2H3/t7?,8-,9+,10-/m1/s1. The number of nitrogens with zero attached hydrogens (tertiary/aromatic N) is 1. The number of hydrogen-bond acceptors (Lipinski definition) is 7. The second-order valence-electron chi connectivity index (χ2n) is 4.24. The van der Waals surface area contributed by atoms with E-state index in [-0.39, 0.29) is 17.9 Å². The van der Waals surface area contributed by atoms with Gasteiger partial charge in [0.05, 0.1) is 19.3 Å². The lowest BCUT2D eigenvalue weighted by atomic mass is 10.0. The molecule has 0 aliphatic rings. The first-order valence-corrected chi connectivity index (χ1v) is 7.34. The summed E-state index contributed by atoms with van der Waals surface area (Å²) in [5.41, 5.74) is -0.460. The molecule has 0 radical (unpaired) electrons.